The Labute approximate surface area is 205 Å². The van der Waals surface area contributed by atoms with Crippen molar-refractivity contribution in [2.24, 2.45) is 0 Å². The summed E-state index contributed by atoms with van der Waals surface area (Å²) in [5.74, 6) is -0.897. The molecule has 0 atom stereocenters. The van der Waals surface area contributed by atoms with E-state index in [2.05, 4.69) is 4.98 Å². The number of aromatic hydroxyl groups is 1. The van der Waals surface area contributed by atoms with Gasteiger partial charge in [0.1, 0.15) is 15.4 Å². The van der Waals surface area contributed by atoms with E-state index in [-0.39, 0.29) is 26.1 Å². The van der Waals surface area contributed by atoms with Crippen LogP contribution in [0.15, 0.2) is 65.5 Å². The summed E-state index contributed by atoms with van der Waals surface area (Å²) >= 11 is 6.67. The van der Waals surface area contributed by atoms with Crippen molar-refractivity contribution in [3.8, 4) is 27.8 Å². The molecular weight excluding hydrogens is 470 g/mol. The SMILES string of the molecule is COC(=O)c1sc(-c2c(O)n(-c3ccccc3)c(=S)n(-c3ccccc3)c2=O)nc1C(C)(C)C. The van der Waals surface area contributed by atoms with Crippen molar-refractivity contribution in [3.63, 3.8) is 0 Å². The minimum atomic E-state index is -0.549. The molecule has 0 saturated carbocycles. The third kappa shape index (κ3) is 4.08. The Balaban J connectivity index is 2.13. The Morgan fingerprint density at radius 1 is 1.00 bits per heavy atom. The number of carbonyl (C=O) groups is 1. The van der Waals surface area contributed by atoms with Crippen LogP contribution in [0.25, 0.3) is 21.9 Å². The third-order valence-electron chi connectivity index (χ3n) is 5.19. The highest BCUT2D eigenvalue weighted by molar-refractivity contribution is 7.71. The zero-order valence-electron chi connectivity index (χ0n) is 19.1. The second-order valence-electron chi connectivity index (χ2n) is 8.57. The van der Waals surface area contributed by atoms with Crippen molar-refractivity contribution in [3.05, 3.63) is 86.4 Å². The smallest absolute Gasteiger partial charge is 0.350 e. The minimum Gasteiger partial charge on any atom is -0.493 e. The summed E-state index contributed by atoms with van der Waals surface area (Å²) in [7, 11) is 1.30. The number of hydrogen-bond donors (Lipinski definition) is 1. The van der Waals surface area contributed by atoms with Crippen molar-refractivity contribution in [1.29, 1.82) is 0 Å². The number of esters is 1. The summed E-state index contributed by atoms with van der Waals surface area (Å²) in [6.45, 7) is 5.74. The highest BCUT2D eigenvalue weighted by Crippen LogP contribution is 2.37. The van der Waals surface area contributed by atoms with E-state index in [9.17, 15) is 14.7 Å². The van der Waals surface area contributed by atoms with E-state index in [4.69, 9.17) is 17.0 Å². The molecule has 0 amide bonds. The fraction of sp³-hybridized carbons (Fsp3) is 0.200. The molecule has 2 aromatic heterocycles. The van der Waals surface area contributed by atoms with Gasteiger partial charge in [0.25, 0.3) is 5.56 Å². The first-order chi connectivity index (χ1) is 16.1. The minimum absolute atomic E-state index is 0.0491. The van der Waals surface area contributed by atoms with Crippen LogP contribution in [0.2, 0.25) is 0 Å². The van der Waals surface area contributed by atoms with Gasteiger partial charge in [-0.1, -0.05) is 57.2 Å². The number of para-hydroxylation sites is 2. The number of aromatic nitrogens is 3. The van der Waals surface area contributed by atoms with Crippen LogP contribution in [0.5, 0.6) is 5.88 Å². The van der Waals surface area contributed by atoms with Crippen LogP contribution >= 0.6 is 23.6 Å². The largest absolute Gasteiger partial charge is 0.493 e. The lowest BCUT2D eigenvalue weighted by Crippen LogP contribution is -2.25. The standard InChI is InChI=1S/C25H23N3O4S2/c1-25(2,3)19-18(23(31)32-4)34-20(26-19)17-21(29)27(15-11-7-5-8-12-15)24(33)28(22(17)30)16-13-9-6-10-14-16/h5-14,29H,1-4H3. The number of benzene rings is 2. The predicted octanol–water partition coefficient (Wildman–Crippen LogP) is 5.27. The van der Waals surface area contributed by atoms with Crippen LogP contribution in [-0.2, 0) is 10.2 Å². The lowest BCUT2D eigenvalue weighted by molar-refractivity contribution is 0.0603. The van der Waals surface area contributed by atoms with Crippen LogP contribution in [0.1, 0.15) is 36.1 Å². The van der Waals surface area contributed by atoms with Gasteiger partial charge in [0, 0.05) is 5.41 Å². The van der Waals surface area contributed by atoms with E-state index in [0.29, 0.717) is 17.1 Å². The number of ether oxygens (including phenoxy) is 1. The molecule has 174 valence electrons. The van der Waals surface area contributed by atoms with Crippen LogP contribution in [0.4, 0.5) is 0 Å². The molecule has 0 fully saturated rings. The fourth-order valence-electron chi connectivity index (χ4n) is 3.56. The lowest BCUT2D eigenvalue weighted by Gasteiger charge is -2.17. The van der Waals surface area contributed by atoms with E-state index >= 15 is 0 Å². The summed E-state index contributed by atoms with van der Waals surface area (Å²) in [6.07, 6.45) is 0. The molecule has 0 aliphatic carbocycles. The molecule has 7 nitrogen and oxygen atoms in total. The summed E-state index contributed by atoms with van der Waals surface area (Å²) in [6, 6.07) is 18.0. The zero-order chi connectivity index (χ0) is 24.6. The maximum atomic E-state index is 13.8. The molecule has 34 heavy (non-hydrogen) atoms. The quantitative estimate of drug-likeness (QED) is 0.308. The second-order valence-corrected chi connectivity index (χ2v) is 9.93. The van der Waals surface area contributed by atoms with Gasteiger partial charge in [-0.05, 0) is 36.5 Å². The van der Waals surface area contributed by atoms with Crippen LogP contribution in [0, 0.1) is 4.77 Å². The molecule has 4 aromatic rings. The average molecular weight is 494 g/mol. The van der Waals surface area contributed by atoms with Gasteiger partial charge in [-0.3, -0.25) is 13.9 Å². The van der Waals surface area contributed by atoms with Crippen molar-refractivity contribution >= 4 is 29.5 Å². The van der Waals surface area contributed by atoms with E-state index in [1.54, 1.807) is 36.4 Å². The first-order valence-corrected chi connectivity index (χ1v) is 11.7. The number of hydrogen-bond acceptors (Lipinski definition) is 7. The van der Waals surface area contributed by atoms with E-state index < -0.39 is 16.9 Å². The van der Waals surface area contributed by atoms with Gasteiger partial charge in [-0.2, -0.15) is 0 Å². The van der Waals surface area contributed by atoms with E-state index in [1.807, 2.05) is 45.0 Å². The van der Waals surface area contributed by atoms with Crippen molar-refractivity contribution in [1.82, 2.24) is 14.1 Å². The summed E-state index contributed by atoms with van der Waals surface area (Å²) < 4.78 is 7.83. The Hall–Kier alpha value is -3.56. The van der Waals surface area contributed by atoms with Crippen molar-refractivity contribution in [2.45, 2.75) is 26.2 Å². The van der Waals surface area contributed by atoms with Crippen LogP contribution < -0.4 is 5.56 Å². The molecule has 9 heteroatoms. The number of methoxy groups -OCH3 is 1. The van der Waals surface area contributed by atoms with Gasteiger partial charge >= 0.3 is 5.97 Å². The van der Waals surface area contributed by atoms with Crippen molar-refractivity contribution < 1.29 is 14.6 Å². The van der Waals surface area contributed by atoms with Gasteiger partial charge in [-0.15, -0.1) is 11.3 Å². The molecule has 2 heterocycles. The summed E-state index contributed by atoms with van der Waals surface area (Å²) in [5.41, 5.74) is 0.525. The Morgan fingerprint density at radius 3 is 2.03 bits per heavy atom. The summed E-state index contributed by atoms with van der Waals surface area (Å²) in [5, 5.41) is 11.6. The molecule has 0 spiro atoms. The van der Waals surface area contributed by atoms with E-state index in [1.165, 1.54) is 16.2 Å². The summed E-state index contributed by atoms with van der Waals surface area (Å²) in [4.78, 5) is 31.2. The zero-order valence-corrected chi connectivity index (χ0v) is 20.7. The highest BCUT2D eigenvalue weighted by Gasteiger charge is 2.31. The second kappa shape index (κ2) is 9.00. The maximum absolute atomic E-state index is 13.8. The lowest BCUT2D eigenvalue weighted by atomic mass is 9.91. The van der Waals surface area contributed by atoms with Gasteiger partial charge < -0.3 is 9.84 Å². The Kier molecular flexibility index (Phi) is 6.24. The van der Waals surface area contributed by atoms with Gasteiger partial charge in [0.05, 0.1) is 24.2 Å². The van der Waals surface area contributed by atoms with Gasteiger partial charge in [-0.25, -0.2) is 9.78 Å². The fourth-order valence-corrected chi connectivity index (χ4v) is 5.17. The molecule has 0 radical (unpaired) electrons. The predicted molar refractivity (Wildman–Crippen MR) is 135 cm³/mol. The molecular formula is C25H23N3O4S2. The van der Waals surface area contributed by atoms with Crippen LogP contribution in [-0.4, -0.2) is 32.3 Å². The Bertz CT molecular complexity index is 1480. The monoisotopic (exact) mass is 493 g/mol. The maximum Gasteiger partial charge on any atom is 0.350 e. The first-order valence-electron chi connectivity index (χ1n) is 10.5. The molecule has 4 rings (SSSR count). The normalized spacial score (nSPS) is 11.4. The molecule has 1 N–H and O–H groups in total. The highest BCUT2D eigenvalue weighted by atomic mass is 32.1. The number of nitrogens with zero attached hydrogens (tertiary/aromatic N) is 3. The van der Waals surface area contributed by atoms with Gasteiger partial charge in [0.15, 0.2) is 4.77 Å². The van der Waals surface area contributed by atoms with Gasteiger partial charge in [0.2, 0.25) is 5.88 Å². The molecule has 0 aliphatic rings. The van der Waals surface area contributed by atoms with Crippen molar-refractivity contribution in [2.75, 3.05) is 7.11 Å². The van der Waals surface area contributed by atoms with E-state index in [0.717, 1.165) is 11.3 Å². The molecule has 0 aliphatic heterocycles. The molecule has 0 bridgehead atoms. The molecule has 0 saturated heterocycles. The third-order valence-corrected chi connectivity index (χ3v) is 6.60. The first kappa shape index (κ1) is 23.6. The molecule has 0 unspecified atom stereocenters. The topological polar surface area (TPSA) is 86.4 Å². The molecule has 2 aromatic carbocycles. The van der Waals surface area contributed by atoms with Crippen LogP contribution in [0.3, 0.4) is 0 Å². The Morgan fingerprint density at radius 2 is 1.53 bits per heavy atom. The number of rotatable bonds is 4. The number of carbonyl (C=O) groups excluding carboxylic acids is 1. The number of thiazole rings is 1. The average Bonchev–Trinajstić information content (AvgIpc) is 3.25.